The van der Waals surface area contributed by atoms with Gasteiger partial charge in [0.1, 0.15) is 0 Å². The molecule has 0 fully saturated rings. The third-order valence-corrected chi connectivity index (χ3v) is 3.02. The molecule has 0 aromatic heterocycles. The number of rotatable bonds is 4. The maximum atomic E-state index is 5.37. The van der Waals surface area contributed by atoms with Crippen molar-refractivity contribution < 1.29 is 0 Å². The maximum Gasteiger partial charge on any atom is 0.0431 e. The number of hydrogen-bond acceptors (Lipinski definition) is 3. The van der Waals surface area contributed by atoms with E-state index in [2.05, 4.69) is 43.5 Å². The van der Waals surface area contributed by atoms with Crippen molar-refractivity contribution in [2.45, 2.75) is 37.0 Å². The molecule has 0 aliphatic carbocycles. The van der Waals surface area contributed by atoms with Crippen LogP contribution in [0.3, 0.4) is 0 Å². The van der Waals surface area contributed by atoms with E-state index in [0.29, 0.717) is 5.25 Å². The molecule has 0 spiro atoms. The summed E-state index contributed by atoms with van der Waals surface area (Å²) in [5.41, 5.74) is 3.96. The van der Waals surface area contributed by atoms with Crippen LogP contribution in [0, 0.1) is 0 Å². The molecule has 2 nitrogen and oxygen atoms in total. The van der Waals surface area contributed by atoms with Crippen molar-refractivity contribution in [3.63, 3.8) is 0 Å². The molecule has 14 heavy (non-hydrogen) atoms. The summed E-state index contributed by atoms with van der Waals surface area (Å²) in [7, 11) is 0. The van der Waals surface area contributed by atoms with Crippen LogP contribution in [0.25, 0.3) is 0 Å². The molecule has 0 heterocycles. The van der Waals surface area contributed by atoms with E-state index >= 15 is 0 Å². The number of thioether (sulfide) groups is 1. The fraction of sp³-hybridized carbons (Fsp3) is 0.455. The highest BCUT2D eigenvalue weighted by Crippen LogP contribution is 2.24. The summed E-state index contributed by atoms with van der Waals surface area (Å²) >= 11 is 1.87. The first-order valence-corrected chi connectivity index (χ1v) is 5.74. The Kier molecular flexibility index (Phi) is 4.45. The van der Waals surface area contributed by atoms with Crippen molar-refractivity contribution in [1.82, 2.24) is 5.43 Å². The normalized spacial score (nSPS) is 13.2. The molecule has 1 aromatic rings. The first-order chi connectivity index (χ1) is 6.63. The molecule has 0 saturated heterocycles. The second kappa shape index (κ2) is 5.39. The van der Waals surface area contributed by atoms with Crippen LogP contribution in [-0.2, 0) is 0 Å². The quantitative estimate of drug-likeness (QED) is 0.456. The first-order valence-electron chi connectivity index (χ1n) is 4.86. The molecule has 0 amide bonds. The molecule has 1 unspecified atom stereocenters. The fourth-order valence-electron chi connectivity index (χ4n) is 1.20. The van der Waals surface area contributed by atoms with Gasteiger partial charge in [-0.1, -0.05) is 26.0 Å². The molecule has 0 aliphatic rings. The van der Waals surface area contributed by atoms with Crippen LogP contribution in [0.15, 0.2) is 29.2 Å². The van der Waals surface area contributed by atoms with Crippen LogP contribution in [0.5, 0.6) is 0 Å². The zero-order chi connectivity index (χ0) is 10.6. The smallest absolute Gasteiger partial charge is 0.0431 e. The van der Waals surface area contributed by atoms with Gasteiger partial charge in [-0.15, -0.1) is 11.8 Å². The molecule has 0 saturated carbocycles. The molecule has 0 bridgehead atoms. The van der Waals surface area contributed by atoms with Crippen molar-refractivity contribution in [3.05, 3.63) is 29.8 Å². The average Bonchev–Trinajstić information content (AvgIpc) is 2.17. The Hall–Kier alpha value is -0.510. The van der Waals surface area contributed by atoms with Gasteiger partial charge in [-0.2, -0.15) is 0 Å². The lowest BCUT2D eigenvalue weighted by Gasteiger charge is -2.11. The van der Waals surface area contributed by atoms with Gasteiger partial charge in [0.25, 0.3) is 0 Å². The van der Waals surface area contributed by atoms with E-state index in [-0.39, 0.29) is 6.04 Å². The SMILES string of the molecule is CC(C)Sc1ccc(C(C)NN)cc1. The maximum absolute atomic E-state index is 5.37. The molecule has 0 aliphatic heterocycles. The summed E-state index contributed by atoms with van der Waals surface area (Å²) in [6.45, 7) is 6.44. The number of nitrogens with two attached hydrogens (primary N) is 1. The van der Waals surface area contributed by atoms with Crippen LogP contribution in [0.2, 0.25) is 0 Å². The van der Waals surface area contributed by atoms with E-state index in [0.717, 1.165) is 0 Å². The number of nitrogens with one attached hydrogen (secondary N) is 1. The minimum Gasteiger partial charge on any atom is -0.271 e. The summed E-state index contributed by atoms with van der Waals surface area (Å²) < 4.78 is 0. The van der Waals surface area contributed by atoms with Crippen molar-refractivity contribution in [1.29, 1.82) is 0 Å². The van der Waals surface area contributed by atoms with E-state index in [4.69, 9.17) is 5.84 Å². The topological polar surface area (TPSA) is 38.0 Å². The van der Waals surface area contributed by atoms with Crippen molar-refractivity contribution in [2.75, 3.05) is 0 Å². The number of benzene rings is 1. The van der Waals surface area contributed by atoms with Gasteiger partial charge in [0.2, 0.25) is 0 Å². The standard InChI is InChI=1S/C11H18N2S/c1-8(2)14-11-6-4-10(5-7-11)9(3)13-12/h4-9,13H,12H2,1-3H3. The van der Waals surface area contributed by atoms with Crippen molar-refractivity contribution in [2.24, 2.45) is 5.84 Å². The van der Waals surface area contributed by atoms with E-state index in [1.807, 2.05) is 18.7 Å². The zero-order valence-electron chi connectivity index (χ0n) is 8.95. The van der Waals surface area contributed by atoms with Gasteiger partial charge in [-0.3, -0.25) is 11.3 Å². The van der Waals surface area contributed by atoms with Crippen LogP contribution in [0.4, 0.5) is 0 Å². The van der Waals surface area contributed by atoms with Gasteiger partial charge in [0, 0.05) is 16.2 Å². The minimum absolute atomic E-state index is 0.216. The average molecular weight is 210 g/mol. The summed E-state index contributed by atoms with van der Waals surface area (Å²) in [6, 6.07) is 8.75. The van der Waals surface area contributed by atoms with E-state index in [9.17, 15) is 0 Å². The Bertz CT molecular complexity index is 269. The van der Waals surface area contributed by atoms with Crippen LogP contribution < -0.4 is 11.3 Å². The third kappa shape index (κ3) is 3.33. The second-order valence-corrected chi connectivity index (χ2v) is 5.27. The molecule has 78 valence electrons. The molecular formula is C11H18N2S. The Morgan fingerprint density at radius 1 is 1.14 bits per heavy atom. The third-order valence-electron chi connectivity index (χ3n) is 2.00. The van der Waals surface area contributed by atoms with E-state index in [1.54, 1.807) is 0 Å². The Balaban J connectivity index is 2.68. The highest BCUT2D eigenvalue weighted by Gasteiger charge is 2.03. The van der Waals surface area contributed by atoms with Gasteiger partial charge in [-0.25, -0.2) is 0 Å². The molecule has 1 rings (SSSR count). The summed E-state index contributed by atoms with van der Waals surface area (Å²) in [5, 5.41) is 0.630. The van der Waals surface area contributed by atoms with Crippen LogP contribution >= 0.6 is 11.8 Å². The van der Waals surface area contributed by atoms with Gasteiger partial charge < -0.3 is 0 Å². The largest absolute Gasteiger partial charge is 0.271 e. The van der Waals surface area contributed by atoms with E-state index in [1.165, 1.54) is 10.5 Å². The lowest BCUT2D eigenvalue weighted by atomic mass is 10.1. The Morgan fingerprint density at radius 2 is 1.71 bits per heavy atom. The lowest BCUT2D eigenvalue weighted by Crippen LogP contribution is -2.25. The first kappa shape index (κ1) is 11.6. The molecular weight excluding hydrogens is 192 g/mol. The van der Waals surface area contributed by atoms with Crippen LogP contribution in [0.1, 0.15) is 32.4 Å². The predicted octanol–water partition coefficient (Wildman–Crippen LogP) is 2.71. The number of hydrogen-bond donors (Lipinski definition) is 2. The van der Waals surface area contributed by atoms with Gasteiger partial charge in [0.15, 0.2) is 0 Å². The Labute approximate surface area is 90.2 Å². The lowest BCUT2D eigenvalue weighted by molar-refractivity contribution is 0.602. The van der Waals surface area contributed by atoms with Crippen LogP contribution in [-0.4, -0.2) is 5.25 Å². The summed E-state index contributed by atoms with van der Waals surface area (Å²) in [6.07, 6.45) is 0. The molecule has 3 N–H and O–H groups in total. The van der Waals surface area contributed by atoms with Gasteiger partial charge >= 0.3 is 0 Å². The Morgan fingerprint density at radius 3 is 2.14 bits per heavy atom. The minimum atomic E-state index is 0.216. The van der Waals surface area contributed by atoms with Gasteiger partial charge in [0.05, 0.1) is 0 Å². The zero-order valence-corrected chi connectivity index (χ0v) is 9.77. The highest BCUT2D eigenvalue weighted by molar-refractivity contribution is 7.99. The van der Waals surface area contributed by atoms with Gasteiger partial charge in [-0.05, 0) is 24.6 Å². The monoisotopic (exact) mass is 210 g/mol. The summed E-state index contributed by atoms with van der Waals surface area (Å²) in [5.74, 6) is 5.37. The highest BCUT2D eigenvalue weighted by atomic mass is 32.2. The fourth-order valence-corrected chi connectivity index (χ4v) is 2.04. The van der Waals surface area contributed by atoms with Crippen molar-refractivity contribution >= 4 is 11.8 Å². The van der Waals surface area contributed by atoms with Crippen molar-refractivity contribution in [3.8, 4) is 0 Å². The van der Waals surface area contributed by atoms with E-state index < -0.39 is 0 Å². The number of hydrazine groups is 1. The second-order valence-electron chi connectivity index (χ2n) is 3.62. The predicted molar refractivity (Wildman–Crippen MR) is 63.2 cm³/mol. The molecule has 3 heteroatoms. The molecule has 0 radical (unpaired) electrons. The summed E-state index contributed by atoms with van der Waals surface area (Å²) in [4.78, 5) is 1.31. The molecule has 1 aromatic carbocycles. The molecule has 1 atom stereocenters.